The number of nitrogens with one attached hydrogen (secondary N) is 2. The van der Waals surface area contributed by atoms with Gasteiger partial charge >= 0.3 is 6.18 Å². The second kappa shape index (κ2) is 8.09. The normalized spacial score (nSPS) is 11.3. The summed E-state index contributed by atoms with van der Waals surface area (Å²) in [7, 11) is 0. The van der Waals surface area contributed by atoms with Gasteiger partial charge in [-0.2, -0.15) is 13.2 Å². The smallest absolute Gasteiger partial charge is 0.343 e. The minimum atomic E-state index is -4.47. The number of aromatic nitrogens is 1. The minimum absolute atomic E-state index is 0.0631. The summed E-state index contributed by atoms with van der Waals surface area (Å²) < 4.78 is 36.2. The fourth-order valence-corrected chi connectivity index (χ4v) is 1.82. The van der Waals surface area contributed by atoms with Crippen LogP contribution in [0.25, 0.3) is 6.08 Å². The number of nitrogens with zero attached hydrogens (tertiary/aromatic N) is 1. The summed E-state index contributed by atoms with van der Waals surface area (Å²) in [6.07, 6.45) is 1.65. The van der Waals surface area contributed by atoms with Crippen LogP contribution in [-0.4, -0.2) is 29.5 Å². The quantitative estimate of drug-likeness (QED) is 0.815. The highest BCUT2D eigenvalue weighted by Gasteiger charge is 2.27. The molecule has 25 heavy (non-hydrogen) atoms. The van der Waals surface area contributed by atoms with Crippen molar-refractivity contribution in [1.29, 1.82) is 0 Å². The number of hydrogen-bond donors (Lipinski definition) is 2. The summed E-state index contributed by atoms with van der Waals surface area (Å²) in [5.74, 6) is -1.23. The first kappa shape index (κ1) is 18.2. The second-order valence-electron chi connectivity index (χ2n) is 4.98. The molecule has 0 radical (unpaired) electrons. The first-order valence-electron chi connectivity index (χ1n) is 7.17. The fraction of sp³-hybridized carbons (Fsp3) is 0.118. The van der Waals surface area contributed by atoms with E-state index >= 15 is 0 Å². The lowest BCUT2D eigenvalue weighted by atomic mass is 10.2. The number of carbonyl (C=O) groups is 2. The van der Waals surface area contributed by atoms with Crippen LogP contribution in [0.4, 0.5) is 18.9 Å². The summed E-state index contributed by atoms with van der Waals surface area (Å²) in [6, 6.07) is 9.03. The maximum absolute atomic E-state index is 12.1. The number of halogens is 3. The molecule has 0 fully saturated rings. The van der Waals surface area contributed by atoms with Crippen molar-refractivity contribution >= 4 is 23.6 Å². The molecule has 0 unspecified atom stereocenters. The van der Waals surface area contributed by atoms with E-state index in [0.717, 1.165) is 5.56 Å². The van der Waals surface area contributed by atoms with Gasteiger partial charge in [-0.3, -0.25) is 14.6 Å². The molecule has 0 saturated carbocycles. The second-order valence-corrected chi connectivity index (χ2v) is 4.98. The van der Waals surface area contributed by atoms with Crippen LogP contribution in [0.2, 0.25) is 0 Å². The highest BCUT2D eigenvalue weighted by atomic mass is 19.4. The summed E-state index contributed by atoms with van der Waals surface area (Å²) in [5, 5.41) is 4.35. The summed E-state index contributed by atoms with van der Waals surface area (Å²) in [6.45, 7) is -1.40. The zero-order valence-corrected chi connectivity index (χ0v) is 12.9. The Hall–Kier alpha value is -3.16. The number of amides is 2. The summed E-state index contributed by atoms with van der Waals surface area (Å²) >= 11 is 0. The zero-order valence-electron chi connectivity index (χ0n) is 12.9. The van der Waals surface area contributed by atoms with Crippen LogP contribution in [0.1, 0.15) is 15.9 Å². The van der Waals surface area contributed by atoms with Crippen molar-refractivity contribution in [1.82, 2.24) is 10.3 Å². The Morgan fingerprint density at radius 2 is 1.84 bits per heavy atom. The molecule has 0 spiro atoms. The van der Waals surface area contributed by atoms with E-state index in [9.17, 15) is 22.8 Å². The molecule has 1 aromatic heterocycles. The molecule has 0 saturated heterocycles. The van der Waals surface area contributed by atoms with Gasteiger partial charge in [0.15, 0.2) is 0 Å². The summed E-state index contributed by atoms with van der Waals surface area (Å²) in [5.41, 5.74) is 1.23. The lowest BCUT2D eigenvalue weighted by molar-refractivity contribution is -0.123. The first-order chi connectivity index (χ1) is 11.8. The molecular weight excluding hydrogens is 335 g/mol. The van der Waals surface area contributed by atoms with E-state index < -0.39 is 24.5 Å². The molecule has 8 heteroatoms. The molecule has 0 atom stereocenters. The zero-order chi connectivity index (χ0) is 18.3. The Labute approximate surface area is 141 Å². The number of benzene rings is 1. The third-order valence-electron chi connectivity index (χ3n) is 2.98. The molecular formula is C17H14F3N3O2. The Kier molecular flexibility index (Phi) is 5.89. The molecule has 2 amide bonds. The van der Waals surface area contributed by atoms with Gasteiger partial charge in [0, 0.05) is 29.7 Å². The first-order valence-corrected chi connectivity index (χ1v) is 7.17. The van der Waals surface area contributed by atoms with Crippen molar-refractivity contribution in [2.45, 2.75) is 6.18 Å². The molecule has 2 rings (SSSR count). The van der Waals surface area contributed by atoms with Gasteiger partial charge in [-0.25, -0.2) is 0 Å². The van der Waals surface area contributed by atoms with Crippen molar-refractivity contribution in [3.8, 4) is 0 Å². The van der Waals surface area contributed by atoms with Gasteiger partial charge in [0.1, 0.15) is 6.54 Å². The predicted octanol–water partition coefficient (Wildman–Crippen LogP) is 3.03. The van der Waals surface area contributed by atoms with E-state index in [1.165, 1.54) is 30.3 Å². The lowest BCUT2D eigenvalue weighted by Gasteiger charge is -2.09. The Bertz CT molecular complexity index is 757. The van der Waals surface area contributed by atoms with E-state index in [2.05, 4.69) is 10.3 Å². The van der Waals surface area contributed by atoms with Crippen LogP contribution in [0.15, 0.2) is 54.9 Å². The average Bonchev–Trinajstić information content (AvgIpc) is 2.59. The van der Waals surface area contributed by atoms with E-state index in [1.807, 2.05) is 0 Å². The SMILES string of the molecule is O=C(C=Cc1cccnc1)Nc1ccc(C(=O)NCC(F)(F)F)cc1. The topological polar surface area (TPSA) is 71.1 Å². The van der Waals surface area contributed by atoms with Crippen LogP contribution in [0, 0.1) is 0 Å². The van der Waals surface area contributed by atoms with Crippen LogP contribution >= 0.6 is 0 Å². The Morgan fingerprint density at radius 3 is 2.44 bits per heavy atom. The number of hydrogen-bond acceptors (Lipinski definition) is 3. The number of carbonyl (C=O) groups excluding carboxylic acids is 2. The van der Waals surface area contributed by atoms with Crippen molar-refractivity contribution in [2.75, 3.05) is 11.9 Å². The van der Waals surface area contributed by atoms with E-state index in [1.54, 1.807) is 35.9 Å². The Morgan fingerprint density at radius 1 is 1.12 bits per heavy atom. The van der Waals surface area contributed by atoms with Gasteiger partial charge in [-0.05, 0) is 42.0 Å². The van der Waals surface area contributed by atoms with E-state index in [-0.39, 0.29) is 5.56 Å². The number of rotatable bonds is 5. The molecule has 1 heterocycles. The third kappa shape index (κ3) is 6.46. The molecule has 1 aromatic carbocycles. The molecule has 130 valence electrons. The van der Waals surface area contributed by atoms with Crippen LogP contribution in [-0.2, 0) is 4.79 Å². The van der Waals surface area contributed by atoms with Crippen molar-refractivity contribution < 1.29 is 22.8 Å². The van der Waals surface area contributed by atoms with Crippen molar-refractivity contribution in [3.63, 3.8) is 0 Å². The van der Waals surface area contributed by atoms with Gasteiger partial charge in [-0.15, -0.1) is 0 Å². The molecule has 0 aliphatic heterocycles. The van der Waals surface area contributed by atoms with Crippen LogP contribution in [0.3, 0.4) is 0 Å². The molecule has 0 bridgehead atoms. The lowest BCUT2D eigenvalue weighted by Crippen LogP contribution is -2.33. The number of pyridine rings is 1. The molecule has 2 N–H and O–H groups in total. The largest absolute Gasteiger partial charge is 0.405 e. The molecule has 0 aliphatic rings. The van der Waals surface area contributed by atoms with Crippen LogP contribution < -0.4 is 10.6 Å². The monoisotopic (exact) mass is 349 g/mol. The maximum atomic E-state index is 12.1. The van der Waals surface area contributed by atoms with Crippen LogP contribution in [0.5, 0.6) is 0 Å². The van der Waals surface area contributed by atoms with Gasteiger partial charge in [0.25, 0.3) is 5.91 Å². The summed E-state index contributed by atoms with van der Waals surface area (Å²) in [4.78, 5) is 27.3. The van der Waals surface area contributed by atoms with Gasteiger partial charge < -0.3 is 10.6 Å². The van der Waals surface area contributed by atoms with Gasteiger partial charge in [0.2, 0.25) is 5.91 Å². The Balaban J connectivity index is 1.90. The van der Waals surface area contributed by atoms with Crippen molar-refractivity contribution in [2.24, 2.45) is 0 Å². The molecule has 0 aliphatic carbocycles. The standard InChI is InChI=1S/C17H14F3N3O2/c18-17(19,20)11-22-16(25)13-4-6-14(7-5-13)23-15(24)8-3-12-2-1-9-21-10-12/h1-10H,11H2,(H,22,25)(H,23,24). The highest BCUT2D eigenvalue weighted by Crippen LogP contribution is 2.14. The average molecular weight is 349 g/mol. The molecule has 5 nitrogen and oxygen atoms in total. The fourth-order valence-electron chi connectivity index (χ4n) is 1.82. The highest BCUT2D eigenvalue weighted by molar-refractivity contribution is 6.02. The van der Waals surface area contributed by atoms with Crippen molar-refractivity contribution in [3.05, 3.63) is 66.0 Å². The molecule has 2 aromatic rings. The van der Waals surface area contributed by atoms with Gasteiger partial charge in [0.05, 0.1) is 0 Å². The third-order valence-corrected chi connectivity index (χ3v) is 2.98. The number of alkyl halides is 3. The van der Waals surface area contributed by atoms with Gasteiger partial charge in [-0.1, -0.05) is 6.07 Å². The number of anilines is 1. The maximum Gasteiger partial charge on any atom is 0.405 e. The van der Waals surface area contributed by atoms with E-state index in [0.29, 0.717) is 5.69 Å². The van der Waals surface area contributed by atoms with E-state index in [4.69, 9.17) is 0 Å². The minimum Gasteiger partial charge on any atom is -0.343 e. The predicted molar refractivity (Wildman–Crippen MR) is 86.7 cm³/mol.